The van der Waals surface area contributed by atoms with Gasteiger partial charge in [0.1, 0.15) is 0 Å². The number of hydrogen-bond acceptors (Lipinski definition) is 3. The van der Waals surface area contributed by atoms with Crippen LogP contribution in [-0.4, -0.2) is 17.7 Å². The molecule has 2 bridgehead atoms. The second kappa shape index (κ2) is 6.31. The molecule has 0 radical (unpaired) electrons. The van der Waals surface area contributed by atoms with Gasteiger partial charge in [-0.05, 0) is 48.6 Å². The zero-order chi connectivity index (χ0) is 19.4. The fourth-order valence-corrected chi connectivity index (χ4v) is 4.91. The van der Waals surface area contributed by atoms with E-state index in [4.69, 9.17) is 11.6 Å². The summed E-state index contributed by atoms with van der Waals surface area (Å²) in [5.74, 6) is -0.751. The Kier molecular flexibility index (Phi) is 3.88. The summed E-state index contributed by atoms with van der Waals surface area (Å²) in [4.78, 5) is 39.4. The lowest BCUT2D eigenvalue weighted by atomic mass is 9.85. The SMILES string of the molecule is O=C(Nc1ccc(N2C(=O)C3C4C=CC(C4)C3C2=O)cc1Cl)c1ccccc1. The summed E-state index contributed by atoms with van der Waals surface area (Å²) in [6.07, 6.45) is 5.03. The molecule has 5 nitrogen and oxygen atoms in total. The molecule has 1 heterocycles. The molecule has 2 fully saturated rings. The third-order valence-corrected chi connectivity index (χ3v) is 6.28. The molecule has 1 aliphatic heterocycles. The predicted octanol–water partition coefficient (Wildman–Crippen LogP) is 3.90. The van der Waals surface area contributed by atoms with Crippen molar-refractivity contribution in [2.24, 2.45) is 23.7 Å². The molecule has 3 amide bonds. The predicted molar refractivity (Wildman–Crippen MR) is 106 cm³/mol. The van der Waals surface area contributed by atoms with E-state index in [1.807, 2.05) is 6.07 Å². The molecule has 0 spiro atoms. The van der Waals surface area contributed by atoms with Crippen LogP contribution in [0.4, 0.5) is 11.4 Å². The quantitative estimate of drug-likeness (QED) is 0.636. The molecule has 1 N–H and O–H groups in total. The molecule has 5 rings (SSSR count). The fraction of sp³-hybridized carbons (Fsp3) is 0.227. The number of hydrogen-bond donors (Lipinski definition) is 1. The van der Waals surface area contributed by atoms with Crippen molar-refractivity contribution in [3.63, 3.8) is 0 Å². The minimum atomic E-state index is -0.277. The van der Waals surface area contributed by atoms with Crippen molar-refractivity contribution < 1.29 is 14.4 Å². The Morgan fingerprint density at radius 2 is 1.61 bits per heavy atom. The molecule has 140 valence electrons. The zero-order valence-electron chi connectivity index (χ0n) is 14.8. The average molecular weight is 393 g/mol. The number of halogens is 1. The van der Waals surface area contributed by atoms with Crippen LogP contribution in [0.2, 0.25) is 5.02 Å². The maximum Gasteiger partial charge on any atom is 0.255 e. The van der Waals surface area contributed by atoms with E-state index in [0.29, 0.717) is 16.9 Å². The second-order valence-corrected chi connectivity index (χ2v) is 7.90. The number of carbonyl (C=O) groups excluding carboxylic acids is 3. The maximum atomic E-state index is 12.9. The maximum absolute atomic E-state index is 12.9. The molecular formula is C22H17ClN2O3. The molecule has 2 aromatic rings. The Morgan fingerprint density at radius 1 is 0.964 bits per heavy atom. The molecule has 1 saturated heterocycles. The van der Waals surface area contributed by atoms with E-state index in [2.05, 4.69) is 17.5 Å². The lowest BCUT2D eigenvalue weighted by Gasteiger charge is -2.18. The topological polar surface area (TPSA) is 66.5 Å². The number of amides is 3. The lowest BCUT2D eigenvalue weighted by Crippen LogP contribution is -2.32. The van der Waals surface area contributed by atoms with Crippen molar-refractivity contribution in [2.45, 2.75) is 6.42 Å². The zero-order valence-corrected chi connectivity index (χ0v) is 15.6. The lowest BCUT2D eigenvalue weighted by molar-refractivity contribution is -0.123. The van der Waals surface area contributed by atoms with E-state index in [1.54, 1.807) is 42.5 Å². The molecule has 4 unspecified atom stereocenters. The van der Waals surface area contributed by atoms with Crippen molar-refractivity contribution in [3.8, 4) is 0 Å². The monoisotopic (exact) mass is 392 g/mol. The molecule has 3 aliphatic rings. The number of nitrogens with zero attached hydrogens (tertiary/aromatic N) is 1. The molecule has 0 aromatic heterocycles. The van der Waals surface area contributed by atoms with Crippen LogP contribution in [-0.2, 0) is 9.59 Å². The smallest absolute Gasteiger partial charge is 0.255 e. The number of carbonyl (C=O) groups is 3. The van der Waals surface area contributed by atoms with Gasteiger partial charge in [-0.25, -0.2) is 4.90 Å². The van der Waals surface area contributed by atoms with Crippen LogP contribution in [0, 0.1) is 23.7 Å². The van der Waals surface area contributed by atoms with Gasteiger partial charge in [0.05, 0.1) is 28.2 Å². The Morgan fingerprint density at radius 3 is 2.21 bits per heavy atom. The van der Waals surface area contributed by atoms with Gasteiger partial charge in [0.15, 0.2) is 0 Å². The van der Waals surface area contributed by atoms with Crippen LogP contribution in [0.3, 0.4) is 0 Å². The number of fused-ring (bicyclic) bond motifs is 5. The summed E-state index contributed by atoms with van der Waals surface area (Å²) in [5.41, 5.74) is 1.40. The highest BCUT2D eigenvalue weighted by molar-refractivity contribution is 6.34. The van der Waals surface area contributed by atoms with Crippen molar-refractivity contribution in [3.05, 3.63) is 71.3 Å². The molecule has 6 heteroatoms. The highest BCUT2D eigenvalue weighted by Gasteiger charge is 2.59. The van der Waals surface area contributed by atoms with Crippen LogP contribution in [0.25, 0.3) is 0 Å². The van der Waals surface area contributed by atoms with Crippen LogP contribution in [0.15, 0.2) is 60.7 Å². The first-order valence-electron chi connectivity index (χ1n) is 9.26. The Bertz CT molecular complexity index is 1000. The first-order chi connectivity index (χ1) is 13.5. The van der Waals surface area contributed by atoms with Gasteiger partial charge in [-0.1, -0.05) is 42.0 Å². The highest BCUT2D eigenvalue weighted by atomic mass is 35.5. The summed E-state index contributed by atoms with van der Waals surface area (Å²) in [6, 6.07) is 13.7. The largest absolute Gasteiger partial charge is 0.321 e. The summed E-state index contributed by atoms with van der Waals surface area (Å²) in [5, 5.41) is 3.04. The third kappa shape index (κ3) is 2.50. The van der Waals surface area contributed by atoms with Gasteiger partial charge in [0.25, 0.3) is 5.91 Å². The van der Waals surface area contributed by atoms with Gasteiger partial charge >= 0.3 is 0 Å². The average Bonchev–Trinajstić information content (AvgIpc) is 3.38. The normalized spacial score (nSPS) is 27.4. The van der Waals surface area contributed by atoms with E-state index < -0.39 is 0 Å². The molecule has 2 aliphatic carbocycles. The summed E-state index contributed by atoms with van der Waals surface area (Å²) < 4.78 is 0. The van der Waals surface area contributed by atoms with Gasteiger partial charge < -0.3 is 5.32 Å². The minimum Gasteiger partial charge on any atom is -0.321 e. The van der Waals surface area contributed by atoms with E-state index in [0.717, 1.165) is 6.42 Å². The summed E-state index contributed by atoms with van der Waals surface area (Å²) >= 11 is 6.35. The summed E-state index contributed by atoms with van der Waals surface area (Å²) in [7, 11) is 0. The number of rotatable bonds is 3. The minimum absolute atomic E-state index is 0.149. The number of nitrogens with one attached hydrogen (secondary N) is 1. The third-order valence-electron chi connectivity index (χ3n) is 5.97. The first kappa shape index (κ1) is 17.2. The van der Waals surface area contributed by atoms with Gasteiger partial charge in [-0.3, -0.25) is 14.4 Å². The van der Waals surface area contributed by atoms with E-state index >= 15 is 0 Å². The van der Waals surface area contributed by atoms with Crippen molar-refractivity contribution in [1.29, 1.82) is 0 Å². The van der Waals surface area contributed by atoms with Crippen LogP contribution < -0.4 is 10.2 Å². The number of anilines is 2. The van der Waals surface area contributed by atoms with Crippen LogP contribution in [0.5, 0.6) is 0 Å². The number of benzene rings is 2. The van der Waals surface area contributed by atoms with E-state index in [1.165, 1.54) is 4.90 Å². The van der Waals surface area contributed by atoms with Gasteiger partial charge in [-0.15, -0.1) is 0 Å². The van der Waals surface area contributed by atoms with Crippen molar-refractivity contribution >= 4 is 40.7 Å². The first-order valence-corrected chi connectivity index (χ1v) is 9.64. The van der Waals surface area contributed by atoms with Crippen LogP contribution >= 0.6 is 11.6 Å². The second-order valence-electron chi connectivity index (χ2n) is 7.50. The Balaban J connectivity index is 1.39. The molecule has 2 aromatic carbocycles. The number of imide groups is 1. The Labute approximate surface area is 167 Å². The van der Waals surface area contributed by atoms with E-state index in [-0.39, 0.29) is 46.4 Å². The Hall–Kier alpha value is -2.92. The molecule has 28 heavy (non-hydrogen) atoms. The van der Waals surface area contributed by atoms with Crippen LogP contribution in [0.1, 0.15) is 16.8 Å². The standard InChI is InChI=1S/C22H17ClN2O3/c23-16-11-15(8-9-17(16)24-20(26)12-4-2-1-3-5-12)25-21(27)18-13-6-7-14(10-13)19(18)22(25)28/h1-9,11,13-14,18-19H,10H2,(H,24,26). The van der Waals surface area contributed by atoms with E-state index in [9.17, 15) is 14.4 Å². The highest BCUT2D eigenvalue weighted by Crippen LogP contribution is 2.53. The van der Waals surface area contributed by atoms with Gasteiger partial charge in [0.2, 0.25) is 11.8 Å². The van der Waals surface area contributed by atoms with Gasteiger partial charge in [0, 0.05) is 5.56 Å². The van der Waals surface area contributed by atoms with Crippen molar-refractivity contribution in [1.82, 2.24) is 0 Å². The number of allylic oxidation sites excluding steroid dienone is 2. The molecular weight excluding hydrogens is 376 g/mol. The molecule has 1 saturated carbocycles. The fourth-order valence-electron chi connectivity index (χ4n) is 4.69. The van der Waals surface area contributed by atoms with Gasteiger partial charge in [-0.2, -0.15) is 0 Å². The van der Waals surface area contributed by atoms with Crippen molar-refractivity contribution in [2.75, 3.05) is 10.2 Å². The summed E-state index contributed by atoms with van der Waals surface area (Å²) in [6.45, 7) is 0. The molecule has 4 atom stereocenters.